The minimum atomic E-state index is -0.359. The SMILES string of the molecule is O=C(NCc1cc2c(s1)CCC2)OCc1ccccc1. The van der Waals surface area contributed by atoms with Gasteiger partial charge in [-0.05, 0) is 36.5 Å². The lowest BCUT2D eigenvalue weighted by molar-refractivity contribution is 0.139. The Kier molecular flexibility index (Phi) is 4.02. The van der Waals surface area contributed by atoms with Crippen LogP contribution in [-0.4, -0.2) is 6.09 Å². The van der Waals surface area contributed by atoms with Gasteiger partial charge in [0.15, 0.2) is 0 Å². The number of carbonyl (C=O) groups is 1. The number of rotatable bonds is 4. The van der Waals surface area contributed by atoms with Gasteiger partial charge in [0.1, 0.15) is 6.61 Å². The van der Waals surface area contributed by atoms with E-state index in [4.69, 9.17) is 4.74 Å². The summed E-state index contributed by atoms with van der Waals surface area (Å²) in [5.74, 6) is 0. The third kappa shape index (κ3) is 3.20. The average Bonchev–Trinajstić information content (AvgIpc) is 3.05. The molecule has 0 aliphatic heterocycles. The smallest absolute Gasteiger partial charge is 0.407 e. The van der Waals surface area contributed by atoms with Gasteiger partial charge in [0.05, 0.1) is 6.54 Å². The van der Waals surface area contributed by atoms with Crippen molar-refractivity contribution in [2.45, 2.75) is 32.4 Å². The van der Waals surface area contributed by atoms with E-state index in [1.165, 1.54) is 34.6 Å². The zero-order chi connectivity index (χ0) is 13.8. The molecule has 1 aliphatic rings. The van der Waals surface area contributed by atoms with Crippen molar-refractivity contribution in [2.24, 2.45) is 0 Å². The molecular formula is C16H17NO2S. The molecule has 1 amide bonds. The lowest BCUT2D eigenvalue weighted by Gasteiger charge is -2.06. The number of fused-ring (bicyclic) bond motifs is 1. The van der Waals surface area contributed by atoms with Crippen molar-refractivity contribution < 1.29 is 9.53 Å². The minimum absolute atomic E-state index is 0.313. The number of carbonyl (C=O) groups excluding carboxylic acids is 1. The van der Waals surface area contributed by atoms with Crippen molar-refractivity contribution in [3.8, 4) is 0 Å². The molecule has 4 heteroatoms. The Labute approximate surface area is 122 Å². The van der Waals surface area contributed by atoms with Gasteiger partial charge in [-0.3, -0.25) is 0 Å². The fourth-order valence-electron chi connectivity index (χ4n) is 2.41. The molecule has 20 heavy (non-hydrogen) atoms. The molecular weight excluding hydrogens is 270 g/mol. The van der Waals surface area contributed by atoms with E-state index in [0.717, 1.165) is 5.56 Å². The first-order valence-corrected chi connectivity index (χ1v) is 7.68. The molecule has 2 aromatic rings. The van der Waals surface area contributed by atoms with Crippen LogP contribution in [-0.2, 0) is 30.7 Å². The molecule has 1 aromatic heterocycles. The number of nitrogens with one attached hydrogen (secondary N) is 1. The molecule has 0 fully saturated rings. The summed E-state index contributed by atoms with van der Waals surface area (Å²) in [5, 5.41) is 2.81. The van der Waals surface area contributed by atoms with Crippen LogP contribution in [0.2, 0.25) is 0 Å². The number of thiophene rings is 1. The molecule has 3 nitrogen and oxygen atoms in total. The van der Waals surface area contributed by atoms with Crippen LogP contribution in [0.3, 0.4) is 0 Å². The Bertz CT molecular complexity index is 570. The van der Waals surface area contributed by atoms with Crippen LogP contribution in [0, 0.1) is 0 Å². The van der Waals surface area contributed by atoms with Crippen molar-refractivity contribution in [1.29, 1.82) is 0 Å². The van der Waals surface area contributed by atoms with E-state index in [-0.39, 0.29) is 6.09 Å². The van der Waals surface area contributed by atoms with Crippen LogP contribution in [0.1, 0.15) is 27.3 Å². The van der Waals surface area contributed by atoms with E-state index in [9.17, 15) is 4.79 Å². The molecule has 0 unspecified atom stereocenters. The molecule has 1 heterocycles. The first kappa shape index (κ1) is 13.2. The summed E-state index contributed by atoms with van der Waals surface area (Å²) in [4.78, 5) is 14.3. The fourth-order valence-corrected chi connectivity index (χ4v) is 3.61. The van der Waals surface area contributed by atoms with E-state index in [2.05, 4.69) is 11.4 Å². The first-order valence-electron chi connectivity index (χ1n) is 6.86. The number of amides is 1. The molecule has 104 valence electrons. The van der Waals surface area contributed by atoms with Crippen LogP contribution >= 0.6 is 11.3 Å². The third-order valence-corrected chi connectivity index (χ3v) is 4.65. The zero-order valence-corrected chi connectivity index (χ0v) is 12.0. The summed E-state index contributed by atoms with van der Waals surface area (Å²) in [6.07, 6.45) is 3.29. The molecule has 3 rings (SSSR count). The molecule has 0 radical (unpaired) electrons. The molecule has 0 spiro atoms. The maximum atomic E-state index is 11.6. The molecule has 1 N–H and O–H groups in total. The molecule has 0 saturated carbocycles. The van der Waals surface area contributed by atoms with E-state index in [0.29, 0.717) is 13.2 Å². The number of aryl methyl sites for hydroxylation is 2. The Hall–Kier alpha value is -1.81. The molecule has 1 aliphatic carbocycles. The van der Waals surface area contributed by atoms with Crippen LogP contribution < -0.4 is 5.32 Å². The molecule has 1 aromatic carbocycles. The quantitative estimate of drug-likeness (QED) is 0.932. The number of hydrogen-bond donors (Lipinski definition) is 1. The van der Waals surface area contributed by atoms with Gasteiger partial charge in [-0.2, -0.15) is 0 Å². The Morgan fingerprint density at radius 1 is 1.25 bits per heavy atom. The Morgan fingerprint density at radius 3 is 2.90 bits per heavy atom. The standard InChI is InChI=1S/C16H17NO2S/c18-16(19-11-12-5-2-1-3-6-12)17-10-14-9-13-7-4-8-15(13)20-14/h1-3,5-6,9H,4,7-8,10-11H2,(H,17,18). The second kappa shape index (κ2) is 6.09. The lowest BCUT2D eigenvalue weighted by atomic mass is 10.2. The van der Waals surface area contributed by atoms with Crippen molar-refractivity contribution in [1.82, 2.24) is 5.32 Å². The van der Waals surface area contributed by atoms with Gasteiger partial charge in [0.25, 0.3) is 0 Å². The van der Waals surface area contributed by atoms with Crippen molar-refractivity contribution >= 4 is 17.4 Å². The topological polar surface area (TPSA) is 38.3 Å². The van der Waals surface area contributed by atoms with Crippen molar-refractivity contribution in [3.05, 3.63) is 57.3 Å². The van der Waals surface area contributed by atoms with Crippen LogP contribution in [0.15, 0.2) is 36.4 Å². The Balaban J connectivity index is 1.45. The minimum Gasteiger partial charge on any atom is -0.445 e. The number of hydrogen-bond acceptors (Lipinski definition) is 3. The van der Waals surface area contributed by atoms with E-state index >= 15 is 0 Å². The van der Waals surface area contributed by atoms with E-state index < -0.39 is 0 Å². The van der Waals surface area contributed by atoms with Gasteiger partial charge >= 0.3 is 6.09 Å². The summed E-state index contributed by atoms with van der Waals surface area (Å²) in [5.41, 5.74) is 2.46. The van der Waals surface area contributed by atoms with Gasteiger partial charge in [-0.1, -0.05) is 30.3 Å². The van der Waals surface area contributed by atoms with Gasteiger partial charge < -0.3 is 10.1 Å². The monoisotopic (exact) mass is 287 g/mol. The van der Waals surface area contributed by atoms with Crippen LogP contribution in [0.25, 0.3) is 0 Å². The molecule has 0 atom stereocenters. The summed E-state index contributed by atoms with van der Waals surface area (Å²) in [6, 6.07) is 11.9. The summed E-state index contributed by atoms with van der Waals surface area (Å²) >= 11 is 1.81. The maximum Gasteiger partial charge on any atom is 0.407 e. The Morgan fingerprint density at radius 2 is 2.10 bits per heavy atom. The first-order chi connectivity index (χ1) is 9.81. The summed E-state index contributed by atoms with van der Waals surface area (Å²) < 4.78 is 5.18. The van der Waals surface area contributed by atoms with Crippen LogP contribution in [0.4, 0.5) is 4.79 Å². The van der Waals surface area contributed by atoms with E-state index in [1.54, 1.807) is 0 Å². The zero-order valence-electron chi connectivity index (χ0n) is 11.2. The van der Waals surface area contributed by atoms with Gasteiger partial charge in [-0.15, -0.1) is 11.3 Å². The van der Waals surface area contributed by atoms with E-state index in [1.807, 2.05) is 41.7 Å². The predicted molar refractivity (Wildman–Crippen MR) is 79.8 cm³/mol. The number of benzene rings is 1. The lowest BCUT2D eigenvalue weighted by Crippen LogP contribution is -2.23. The van der Waals surface area contributed by atoms with Gasteiger partial charge in [-0.25, -0.2) is 4.79 Å². The number of alkyl carbamates (subject to hydrolysis) is 1. The highest BCUT2D eigenvalue weighted by molar-refractivity contribution is 7.12. The van der Waals surface area contributed by atoms with Gasteiger partial charge in [0, 0.05) is 9.75 Å². The largest absolute Gasteiger partial charge is 0.445 e. The summed E-state index contributed by atoms with van der Waals surface area (Å²) in [7, 11) is 0. The number of ether oxygens (including phenoxy) is 1. The third-order valence-electron chi connectivity index (χ3n) is 3.42. The average molecular weight is 287 g/mol. The predicted octanol–water partition coefficient (Wildman–Crippen LogP) is 3.66. The highest BCUT2D eigenvalue weighted by Gasteiger charge is 2.15. The summed E-state index contributed by atoms with van der Waals surface area (Å²) in [6.45, 7) is 0.874. The maximum absolute atomic E-state index is 11.6. The highest BCUT2D eigenvalue weighted by Crippen LogP contribution is 2.30. The van der Waals surface area contributed by atoms with Crippen molar-refractivity contribution in [2.75, 3.05) is 0 Å². The second-order valence-corrected chi connectivity index (χ2v) is 6.15. The normalized spacial score (nSPS) is 13.0. The fraction of sp³-hybridized carbons (Fsp3) is 0.312. The highest BCUT2D eigenvalue weighted by atomic mass is 32.1. The molecule has 0 bridgehead atoms. The van der Waals surface area contributed by atoms with Gasteiger partial charge in [0.2, 0.25) is 0 Å². The van der Waals surface area contributed by atoms with Crippen molar-refractivity contribution in [3.63, 3.8) is 0 Å². The molecule has 0 saturated heterocycles. The van der Waals surface area contributed by atoms with Crippen LogP contribution in [0.5, 0.6) is 0 Å². The second-order valence-electron chi connectivity index (χ2n) is 4.93.